The molecule has 0 saturated heterocycles. The van der Waals surface area contributed by atoms with Gasteiger partial charge in [0.25, 0.3) is 0 Å². The van der Waals surface area contributed by atoms with Crippen molar-refractivity contribution in [2.45, 2.75) is 46.6 Å². The molecule has 5 heteroatoms. The number of benzene rings is 1. The smallest absolute Gasteiger partial charge is 0.170 e. The average Bonchev–Trinajstić information content (AvgIpc) is 2.82. The van der Waals surface area contributed by atoms with E-state index in [9.17, 15) is 19.8 Å². The quantitative estimate of drug-likeness (QED) is 0.642. The molecule has 0 bridgehead atoms. The number of ketones is 2. The maximum atomic E-state index is 12.4. The van der Waals surface area contributed by atoms with Crippen LogP contribution < -0.4 is 4.74 Å². The number of carbonyl (C=O) groups excluding carboxylic acids is 2. The highest BCUT2D eigenvalue weighted by Crippen LogP contribution is 2.48. The van der Waals surface area contributed by atoms with Crippen molar-refractivity contribution in [3.63, 3.8) is 0 Å². The number of phenolic OH excluding ortho intramolecular Hbond substituents is 2. The molecular formula is C18H22O5. The SMILES string of the molecule is C=C(C)C1Cc2c(O)c(C(=O)CC(C)C)c(O)c(C(C)=O)c2O1. The van der Waals surface area contributed by atoms with Crippen LogP contribution in [0.4, 0.5) is 0 Å². The van der Waals surface area contributed by atoms with Gasteiger partial charge in [0.05, 0.1) is 0 Å². The molecule has 0 amide bonds. The van der Waals surface area contributed by atoms with Crippen LogP contribution in [0.3, 0.4) is 0 Å². The van der Waals surface area contributed by atoms with Gasteiger partial charge in [-0.3, -0.25) is 9.59 Å². The van der Waals surface area contributed by atoms with Crippen molar-refractivity contribution in [1.29, 1.82) is 0 Å². The standard InChI is InChI=1S/C18H22O5/c1-8(2)6-12(20)15-16(21)11-7-13(9(3)4)23-18(11)14(10(5)19)17(15)22/h8,13,21-22H,3,6-7H2,1-2,4-5H3. The molecule has 1 heterocycles. The Kier molecular flexibility index (Phi) is 4.50. The first-order valence-corrected chi connectivity index (χ1v) is 7.62. The fraction of sp³-hybridized carbons (Fsp3) is 0.444. The molecule has 0 spiro atoms. The van der Waals surface area contributed by atoms with Gasteiger partial charge in [0, 0.05) is 18.4 Å². The first-order chi connectivity index (χ1) is 10.6. The van der Waals surface area contributed by atoms with Crippen LogP contribution in [0.1, 0.15) is 60.4 Å². The third-order valence-electron chi connectivity index (χ3n) is 3.92. The lowest BCUT2D eigenvalue weighted by molar-refractivity contribution is 0.0962. The van der Waals surface area contributed by atoms with Crippen molar-refractivity contribution < 1.29 is 24.5 Å². The van der Waals surface area contributed by atoms with Crippen LogP contribution in [0.15, 0.2) is 12.2 Å². The minimum Gasteiger partial charge on any atom is -0.507 e. The number of carbonyl (C=O) groups is 2. The van der Waals surface area contributed by atoms with E-state index in [2.05, 4.69) is 6.58 Å². The molecule has 124 valence electrons. The lowest BCUT2D eigenvalue weighted by Crippen LogP contribution is -2.13. The number of rotatable bonds is 5. The van der Waals surface area contributed by atoms with Crippen molar-refractivity contribution in [3.8, 4) is 17.2 Å². The summed E-state index contributed by atoms with van der Waals surface area (Å²) < 4.78 is 5.69. The van der Waals surface area contributed by atoms with E-state index in [1.807, 2.05) is 13.8 Å². The van der Waals surface area contributed by atoms with Gasteiger partial charge >= 0.3 is 0 Å². The average molecular weight is 318 g/mol. The van der Waals surface area contributed by atoms with E-state index < -0.39 is 11.5 Å². The van der Waals surface area contributed by atoms with Gasteiger partial charge in [0.2, 0.25) is 0 Å². The predicted octanol–water partition coefficient (Wildman–Crippen LogP) is 3.41. The van der Waals surface area contributed by atoms with E-state index in [-0.39, 0.29) is 46.9 Å². The largest absolute Gasteiger partial charge is 0.507 e. The number of Topliss-reactive ketones (excluding diaryl/α,β-unsaturated/α-hetero) is 2. The molecule has 1 aliphatic heterocycles. The minimum absolute atomic E-state index is 0.0475. The Hall–Kier alpha value is -2.30. The molecule has 1 unspecified atom stereocenters. The molecule has 0 saturated carbocycles. The molecule has 0 aliphatic carbocycles. The third kappa shape index (κ3) is 2.96. The van der Waals surface area contributed by atoms with Crippen LogP contribution in [0, 0.1) is 5.92 Å². The van der Waals surface area contributed by atoms with Crippen molar-refractivity contribution in [2.75, 3.05) is 0 Å². The second-order valence-electron chi connectivity index (χ2n) is 6.49. The summed E-state index contributed by atoms with van der Waals surface area (Å²) in [4.78, 5) is 24.4. The fourth-order valence-corrected chi connectivity index (χ4v) is 2.78. The zero-order chi connectivity index (χ0) is 17.5. The molecule has 2 rings (SSSR count). The Balaban J connectivity index is 2.67. The van der Waals surface area contributed by atoms with Gasteiger partial charge < -0.3 is 14.9 Å². The van der Waals surface area contributed by atoms with E-state index in [1.165, 1.54) is 6.92 Å². The highest BCUT2D eigenvalue weighted by atomic mass is 16.5. The zero-order valence-electron chi connectivity index (χ0n) is 13.9. The molecule has 1 aromatic carbocycles. The Morgan fingerprint density at radius 3 is 2.30 bits per heavy atom. The van der Waals surface area contributed by atoms with E-state index in [1.54, 1.807) is 6.92 Å². The number of hydrogen-bond donors (Lipinski definition) is 2. The van der Waals surface area contributed by atoms with Gasteiger partial charge in [-0.2, -0.15) is 0 Å². The van der Waals surface area contributed by atoms with Crippen LogP contribution in [-0.2, 0) is 6.42 Å². The Morgan fingerprint density at radius 2 is 1.83 bits per heavy atom. The van der Waals surface area contributed by atoms with E-state index >= 15 is 0 Å². The number of ether oxygens (including phenoxy) is 1. The summed E-state index contributed by atoms with van der Waals surface area (Å²) in [5.41, 5.74) is 0.889. The van der Waals surface area contributed by atoms with E-state index in [0.717, 1.165) is 5.57 Å². The van der Waals surface area contributed by atoms with Crippen molar-refractivity contribution in [3.05, 3.63) is 28.8 Å². The predicted molar refractivity (Wildman–Crippen MR) is 86.5 cm³/mol. The zero-order valence-corrected chi connectivity index (χ0v) is 13.9. The Bertz CT molecular complexity index is 700. The van der Waals surface area contributed by atoms with Crippen LogP contribution in [0.2, 0.25) is 0 Å². The normalized spacial score (nSPS) is 16.1. The lowest BCUT2D eigenvalue weighted by Gasteiger charge is -2.15. The van der Waals surface area contributed by atoms with Crippen molar-refractivity contribution in [1.82, 2.24) is 0 Å². The number of hydrogen-bond acceptors (Lipinski definition) is 5. The molecule has 1 atom stereocenters. The number of phenols is 2. The topological polar surface area (TPSA) is 83.8 Å². The molecule has 5 nitrogen and oxygen atoms in total. The summed E-state index contributed by atoms with van der Waals surface area (Å²) in [5, 5.41) is 20.9. The molecule has 2 N–H and O–H groups in total. The Morgan fingerprint density at radius 1 is 1.22 bits per heavy atom. The van der Waals surface area contributed by atoms with E-state index in [4.69, 9.17) is 4.74 Å². The van der Waals surface area contributed by atoms with Crippen LogP contribution in [-0.4, -0.2) is 27.9 Å². The maximum Gasteiger partial charge on any atom is 0.170 e. The van der Waals surface area contributed by atoms with Gasteiger partial charge in [0.15, 0.2) is 11.6 Å². The Labute approximate surface area is 135 Å². The van der Waals surface area contributed by atoms with Crippen molar-refractivity contribution >= 4 is 11.6 Å². The number of aromatic hydroxyl groups is 2. The molecular weight excluding hydrogens is 296 g/mol. The first kappa shape index (κ1) is 17.1. The highest BCUT2D eigenvalue weighted by molar-refractivity contribution is 6.09. The minimum atomic E-state index is -0.498. The van der Waals surface area contributed by atoms with Gasteiger partial charge in [0.1, 0.15) is 34.5 Å². The van der Waals surface area contributed by atoms with Crippen LogP contribution in [0.25, 0.3) is 0 Å². The molecule has 0 radical (unpaired) electrons. The van der Waals surface area contributed by atoms with Gasteiger partial charge in [-0.1, -0.05) is 20.4 Å². The molecule has 1 aromatic rings. The second kappa shape index (κ2) is 6.07. The van der Waals surface area contributed by atoms with Gasteiger partial charge in [-0.05, 0) is 25.3 Å². The highest BCUT2D eigenvalue weighted by Gasteiger charge is 2.36. The summed E-state index contributed by atoms with van der Waals surface area (Å²) in [6, 6.07) is 0. The summed E-state index contributed by atoms with van der Waals surface area (Å²) in [6.45, 7) is 10.6. The lowest BCUT2D eigenvalue weighted by atomic mass is 9.92. The first-order valence-electron chi connectivity index (χ1n) is 7.62. The summed E-state index contributed by atoms with van der Waals surface area (Å²) in [5.74, 6) is -1.38. The summed E-state index contributed by atoms with van der Waals surface area (Å²) in [7, 11) is 0. The molecule has 0 aromatic heterocycles. The monoisotopic (exact) mass is 318 g/mol. The number of fused-ring (bicyclic) bond motifs is 1. The van der Waals surface area contributed by atoms with E-state index in [0.29, 0.717) is 12.0 Å². The molecule has 0 fully saturated rings. The third-order valence-corrected chi connectivity index (χ3v) is 3.92. The summed E-state index contributed by atoms with van der Waals surface area (Å²) >= 11 is 0. The fourth-order valence-electron chi connectivity index (χ4n) is 2.78. The van der Waals surface area contributed by atoms with Gasteiger partial charge in [-0.25, -0.2) is 0 Å². The second-order valence-corrected chi connectivity index (χ2v) is 6.49. The molecule has 23 heavy (non-hydrogen) atoms. The van der Waals surface area contributed by atoms with Crippen LogP contribution >= 0.6 is 0 Å². The summed E-state index contributed by atoms with van der Waals surface area (Å²) in [6.07, 6.45) is 0.102. The van der Waals surface area contributed by atoms with Crippen LogP contribution in [0.5, 0.6) is 17.2 Å². The van der Waals surface area contributed by atoms with Crippen molar-refractivity contribution in [2.24, 2.45) is 5.92 Å². The van der Waals surface area contributed by atoms with Gasteiger partial charge in [-0.15, -0.1) is 0 Å². The maximum absolute atomic E-state index is 12.4. The molecule has 1 aliphatic rings.